The van der Waals surface area contributed by atoms with Gasteiger partial charge in [-0.15, -0.1) is 0 Å². The molecule has 2 aliphatic heterocycles. The van der Waals surface area contributed by atoms with E-state index in [2.05, 4.69) is 10.0 Å². The molecule has 0 radical (unpaired) electrons. The number of amides is 4. The van der Waals surface area contributed by atoms with Crippen LogP contribution in [0.1, 0.15) is 86.4 Å². The van der Waals surface area contributed by atoms with E-state index in [1.165, 1.54) is 4.90 Å². The van der Waals surface area contributed by atoms with Crippen molar-refractivity contribution in [2.45, 2.75) is 82.5 Å². The van der Waals surface area contributed by atoms with Gasteiger partial charge in [0.15, 0.2) is 0 Å². The van der Waals surface area contributed by atoms with Crippen molar-refractivity contribution in [2.24, 2.45) is 0 Å². The van der Waals surface area contributed by atoms with Gasteiger partial charge in [-0.05, 0) is 64.7 Å². The van der Waals surface area contributed by atoms with Crippen molar-refractivity contribution in [1.29, 1.82) is 0 Å². The fourth-order valence-electron chi connectivity index (χ4n) is 4.81. The maximum absolute atomic E-state index is 13.0. The molecule has 4 rings (SSSR count). The van der Waals surface area contributed by atoms with Crippen LogP contribution >= 0.6 is 0 Å². The minimum Gasteiger partial charge on any atom is -0.324 e. The molecule has 0 aromatic heterocycles. The zero-order chi connectivity index (χ0) is 24.7. The summed E-state index contributed by atoms with van der Waals surface area (Å²) >= 11 is 0. The van der Waals surface area contributed by atoms with E-state index in [1.807, 2.05) is 0 Å². The molecule has 2 fully saturated rings. The highest BCUT2D eigenvalue weighted by Gasteiger charge is 2.40. The maximum atomic E-state index is 13.0. The summed E-state index contributed by atoms with van der Waals surface area (Å²) in [6.07, 6.45) is 5.91. The second kappa shape index (κ2) is 9.30. The molecule has 0 unspecified atom stereocenters. The Kier molecular flexibility index (Phi) is 6.74. The van der Waals surface area contributed by atoms with Crippen LogP contribution in [0, 0.1) is 0 Å². The molecule has 1 aromatic carbocycles. The van der Waals surface area contributed by atoms with Crippen molar-refractivity contribution >= 4 is 33.6 Å². The van der Waals surface area contributed by atoms with Gasteiger partial charge in [0.05, 0.1) is 15.9 Å². The van der Waals surface area contributed by atoms with Crippen molar-refractivity contribution in [1.82, 2.24) is 14.5 Å². The van der Waals surface area contributed by atoms with Gasteiger partial charge in [-0.1, -0.05) is 19.3 Å². The quantitative estimate of drug-likeness (QED) is 0.628. The van der Waals surface area contributed by atoms with Crippen LogP contribution in [-0.2, 0) is 10.0 Å². The van der Waals surface area contributed by atoms with E-state index in [4.69, 9.17) is 0 Å². The maximum Gasteiger partial charge on any atom is 0.321 e. The summed E-state index contributed by atoms with van der Waals surface area (Å²) < 4.78 is 26.6. The summed E-state index contributed by atoms with van der Waals surface area (Å²) in [5, 5.41) is 2.82. The van der Waals surface area contributed by atoms with E-state index in [-0.39, 0.29) is 29.9 Å². The second-order valence-corrected chi connectivity index (χ2v) is 12.9. The van der Waals surface area contributed by atoms with Gasteiger partial charge in [0, 0.05) is 30.9 Å². The zero-order valence-corrected chi connectivity index (χ0v) is 20.9. The molecule has 186 valence electrons. The van der Waals surface area contributed by atoms with Gasteiger partial charge in [0.25, 0.3) is 11.8 Å². The van der Waals surface area contributed by atoms with Crippen molar-refractivity contribution in [3.05, 3.63) is 29.3 Å². The van der Waals surface area contributed by atoms with Crippen molar-refractivity contribution in [2.75, 3.05) is 18.4 Å². The molecular weight excluding hydrogens is 456 g/mol. The number of carbonyl (C=O) groups excluding carboxylic acids is 3. The zero-order valence-electron chi connectivity index (χ0n) is 20.1. The van der Waals surface area contributed by atoms with Crippen LogP contribution in [0.3, 0.4) is 0 Å². The number of sulfonamides is 1. The fourth-order valence-corrected chi connectivity index (χ4v) is 5.84. The Bertz CT molecular complexity index is 1080. The van der Waals surface area contributed by atoms with Gasteiger partial charge in [-0.25, -0.2) is 17.9 Å². The Morgan fingerprint density at radius 2 is 1.56 bits per heavy atom. The number of hydrogen-bond donors (Lipinski definition) is 2. The van der Waals surface area contributed by atoms with E-state index in [1.54, 1.807) is 43.9 Å². The molecule has 0 spiro atoms. The van der Waals surface area contributed by atoms with E-state index < -0.39 is 14.8 Å². The normalized spacial score (nSPS) is 20.6. The fraction of sp³-hybridized carbons (Fsp3) is 0.625. The third-order valence-electron chi connectivity index (χ3n) is 7.02. The highest BCUT2D eigenvalue weighted by atomic mass is 32.2. The molecule has 3 aliphatic rings. The third kappa shape index (κ3) is 4.84. The smallest absolute Gasteiger partial charge is 0.321 e. The Hall–Kier alpha value is -2.46. The predicted octanol–water partition coefficient (Wildman–Crippen LogP) is 3.33. The van der Waals surface area contributed by atoms with E-state index in [0.717, 1.165) is 32.1 Å². The van der Waals surface area contributed by atoms with Crippen molar-refractivity contribution < 1.29 is 22.8 Å². The summed E-state index contributed by atoms with van der Waals surface area (Å²) in [6, 6.07) is 4.29. The molecule has 1 saturated heterocycles. The number of benzene rings is 1. The highest BCUT2D eigenvalue weighted by Crippen LogP contribution is 2.32. The molecule has 0 bridgehead atoms. The summed E-state index contributed by atoms with van der Waals surface area (Å²) in [5.74, 6) is -0.528. The Balaban J connectivity index is 1.36. The van der Waals surface area contributed by atoms with Gasteiger partial charge < -0.3 is 10.2 Å². The first-order valence-electron chi connectivity index (χ1n) is 12.1. The number of urea groups is 1. The third-order valence-corrected chi connectivity index (χ3v) is 9.28. The average molecular weight is 491 g/mol. The minimum absolute atomic E-state index is 0.0452. The summed E-state index contributed by atoms with van der Waals surface area (Å²) in [5.41, 5.74) is 1.19. The Morgan fingerprint density at radius 1 is 0.941 bits per heavy atom. The SMILES string of the molecule is CC(C)(C)S(=O)(=O)NC1CCN(C(=O)Nc2ccc3c(c2)C(=O)N(C2CCCCC2)C3=O)CC1. The van der Waals surface area contributed by atoms with Crippen LogP contribution in [0.4, 0.5) is 10.5 Å². The van der Waals surface area contributed by atoms with Gasteiger partial charge >= 0.3 is 6.03 Å². The van der Waals surface area contributed by atoms with Crippen molar-refractivity contribution in [3.63, 3.8) is 0 Å². The molecular formula is C24H34N4O5S. The van der Waals surface area contributed by atoms with Crippen LogP contribution in [0.25, 0.3) is 0 Å². The first kappa shape index (κ1) is 24.7. The molecule has 1 aliphatic carbocycles. The molecule has 0 atom stereocenters. The number of rotatable bonds is 4. The van der Waals surface area contributed by atoms with Gasteiger partial charge in [0.1, 0.15) is 0 Å². The molecule has 1 aromatic rings. The molecule has 10 heteroatoms. The summed E-state index contributed by atoms with van der Waals surface area (Å²) in [7, 11) is -3.44. The number of anilines is 1. The van der Waals surface area contributed by atoms with Crippen LogP contribution in [-0.4, -0.2) is 66.0 Å². The van der Waals surface area contributed by atoms with Crippen LogP contribution in [0.2, 0.25) is 0 Å². The first-order chi connectivity index (χ1) is 16.0. The number of imide groups is 1. The van der Waals surface area contributed by atoms with Gasteiger partial charge in [0.2, 0.25) is 10.0 Å². The molecule has 2 heterocycles. The lowest BCUT2D eigenvalue weighted by Crippen LogP contribution is -2.50. The van der Waals surface area contributed by atoms with Crippen LogP contribution in [0.15, 0.2) is 18.2 Å². The van der Waals surface area contributed by atoms with Crippen LogP contribution < -0.4 is 10.0 Å². The number of nitrogens with one attached hydrogen (secondary N) is 2. The van der Waals surface area contributed by atoms with Gasteiger partial charge in [-0.2, -0.15) is 0 Å². The van der Waals surface area contributed by atoms with Gasteiger partial charge in [-0.3, -0.25) is 14.5 Å². The largest absolute Gasteiger partial charge is 0.324 e. The number of hydrogen-bond acceptors (Lipinski definition) is 5. The predicted molar refractivity (Wildman–Crippen MR) is 129 cm³/mol. The van der Waals surface area contributed by atoms with Crippen molar-refractivity contribution in [3.8, 4) is 0 Å². The Morgan fingerprint density at radius 3 is 2.18 bits per heavy atom. The molecule has 34 heavy (non-hydrogen) atoms. The van der Waals surface area contributed by atoms with Crippen LogP contribution in [0.5, 0.6) is 0 Å². The second-order valence-electron chi connectivity index (χ2n) is 10.5. The topological polar surface area (TPSA) is 116 Å². The minimum atomic E-state index is -3.44. The first-order valence-corrected chi connectivity index (χ1v) is 13.6. The molecule has 2 N–H and O–H groups in total. The molecule has 1 saturated carbocycles. The number of nitrogens with zero attached hydrogens (tertiary/aromatic N) is 2. The standard InChI is InChI=1S/C24H34N4O5S/c1-24(2,3)34(32,33)26-16-11-13-27(14-12-16)23(31)25-17-9-10-19-20(15-17)22(30)28(21(19)29)18-7-5-4-6-8-18/h9-10,15-16,18,26H,4-8,11-14H2,1-3H3,(H,25,31). The van der Waals surface area contributed by atoms with E-state index in [9.17, 15) is 22.8 Å². The lowest BCUT2D eigenvalue weighted by Gasteiger charge is -2.33. The average Bonchev–Trinajstić information content (AvgIpc) is 3.03. The molecule has 4 amide bonds. The summed E-state index contributed by atoms with van der Waals surface area (Å²) in [6.45, 7) is 5.80. The highest BCUT2D eigenvalue weighted by molar-refractivity contribution is 7.90. The lowest BCUT2D eigenvalue weighted by molar-refractivity contribution is 0.0549. The number of likely N-dealkylation sites (tertiary alicyclic amines) is 1. The lowest BCUT2D eigenvalue weighted by atomic mass is 9.94. The number of carbonyl (C=O) groups is 3. The number of fused-ring (bicyclic) bond motifs is 1. The van der Waals surface area contributed by atoms with E-state index >= 15 is 0 Å². The van der Waals surface area contributed by atoms with E-state index in [0.29, 0.717) is 42.7 Å². The number of piperidine rings is 1. The monoisotopic (exact) mass is 490 g/mol. The summed E-state index contributed by atoms with van der Waals surface area (Å²) in [4.78, 5) is 41.7. The molecule has 9 nitrogen and oxygen atoms in total. The Labute approximate surface area is 201 Å².